The third kappa shape index (κ3) is 3.91. The van der Waals surface area contributed by atoms with Crippen molar-refractivity contribution < 1.29 is 22.8 Å². The number of alkyl halides is 3. The van der Waals surface area contributed by atoms with Crippen LogP contribution in [0.2, 0.25) is 0 Å². The minimum absolute atomic E-state index is 0.00698. The van der Waals surface area contributed by atoms with E-state index in [4.69, 9.17) is 0 Å². The minimum Gasteiger partial charge on any atom is -0.294 e. The van der Waals surface area contributed by atoms with Gasteiger partial charge >= 0.3 is 6.18 Å². The van der Waals surface area contributed by atoms with Crippen molar-refractivity contribution in [2.24, 2.45) is 5.41 Å². The highest BCUT2D eigenvalue weighted by Crippen LogP contribution is 2.49. The van der Waals surface area contributed by atoms with Crippen LogP contribution in [0.3, 0.4) is 0 Å². The van der Waals surface area contributed by atoms with Crippen molar-refractivity contribution in [2.75, 3.05) is 4.90 Å². The zero-order valence-electron chi connectivity index (χ0n) is 17.7. The number of nitrogens with zero attached hydrogens (tertiary/aromatic N) is 1. The number of carbonyl (C=O) groups is 2. The van der Waals surface area contributed by atoms with Crippen molar-refractivity contribution in [3.63, 3.8) is 0 Å². The maximum absolute atomic E-state index is 13.7. The summed E-state index contributed by atoms with van der Waals surface area (Å²) in [6, 6.07) is 12.6. The van der Waals surface area contributed by atoms with Crippen LogP contribution in [0.1, 0.15) is 55.7 Å². The molecule has 1 atom stereocenters. The molecule has 3 nitrogen and oxygen atoms in total. The van der Waals surface area contributed by atoms with E-state index in [1.807, 2.05) is 45.0 Å². The summed E-state index contributed by atoms with van der Waals surface area (Å²) in [6.45, 7) is 5.82. The Balaban J connectivity index is 1.93. The van der Waals surface area contributed by atoms with Gasteiger partial charge in [0.05, 0.1) is 5.56 Å². The highest BCUT2D eigenvalue weighted by atomic mass is 19.4. The third-order valence-electron chi connectivity index (χ3n) is 6.08. The third-order valence-corrected chi connectivity index (χ3v) is 6.08. The standard InChI is InChI=1S/C25H24F3NO2/c1-15-8-10-16(11-9-15)29-20-13-24(2,3)14-21(30)23(20)18(12-22(29)31)17-6-4-5-7-19(17)25(26,27)28/h4-11,18H,12-14H2,1-3H3. The number of hydrogen-bond donors (Lipinski definition) is 0. The van der Waals surface area contributed by atoms with Crippen molar-refractivity contribution >= 4 is 17.4 Å². The fourth-order valence-electron chi connectivity index (χ4n) is 4.73. The SMILES string of the molecule is Cc1ccc(N2C(=O)CC(c3ccccc3C(F)(F)F)C3=C2CC(C)(C)CC3=O)cc1. The molecule has 0 saturated heterocycles. The number of carbonyl (C=O) groups excluding carboxylic acids is 2. The van der Waals surface area contributed by atoms with E-state index >= 15 is 0 Å². The number of hydrogen-bond acceptors (Lipinski definition) is 2. The van der Waals surface area contributed by atoms with Gasteiger partial charge in [-0.25, -0.2) is 0 Å². The molecule has 0 spiro atoms. The molecule has 2 aromatic rings. The summed E-state index contributed by atoms with van der Waals surface area (Å²) in [5.74, 6) is -1.38. The maximum Gasteiger partial charge on any atom is 0.416 e. The van der Waals surface area contributed by atoms with Gasteiger partial charge in [0.1, 0.15) is 0 Å². The van der Waals surface area contributed by atoms with Crippen LogP contribution in [0.15, 0.2) is 59.8 Å². The summed E-state index contributed by atoms with van der Waals surface area (Å²) in [5, 5.41) is 0. The van der Waals surface area contributed by atoms with Crippen LogP contribution >= 0.6 is 0 Å². The van der Waals surface area contributed by atoms with Gasteiger partial charge in [0.25, 0.3) is 0 Å². The smallest absolute Gasteiger partial charge is 0.294 e. The zero-order valence-corrected chi connectivity index (χ0v) is 17.7. The Morgan fingerprint density at radius 3 is 2.26 bits per heavy atom. The molecule has 1 unspecified atom stereocenters. The molecule has 4 rings (SSSR count). The fraction of sp³-hybridized carbons (Fsp3) is 0.360. The lowest BCUT2D eigenvalue weighted by molar-refractivity contribution is -0.138. The van der Waals surface area contributed by atoms with Gasteiger partial charge in [-0.3, -0.25) is 14.5 Å². The highest BCUT2D eigenvalue weighted by Gasteiger charge is 2.46. The summed E-state index contributed by atoms with van der Waals surface area (Å²) in [5.41, 5.74) is 1.36. The number of benzene rings is 2. The van der Waals surface area contributed by atoms with Gasteiger partial charge in [-0.15, -0.1) is 0 Å². The summed E-state index contributed by atoms with van der Waals surface area (Å²) in [7, 11) is 0. The Kier molecular flexibility index (Phi) is 5.07. The van der Waals surface area contributed by atoms with E-state index in [9.17, 15) is 22.8 Å². The number of ketones is 1. The number of anilines is 1. The largest absolute Gasteiger partial charge is 0.416 e. The maximum atomic E-state index is 13.7. The number of Topliss-reactive ketones (excluding diaryl/α,β-unsaturated/α-hetero) is 1. The van der Waals surface area contributed by atoms with E-state index < -0.39 is 17.7 Å². The molecule has 0 aromatic heterocycles. The molecule has 0 bridgehead atoms. The average Bonchev–Trinajstić information content (AvgIpc) is 2.67. The quantitative estimate of drug-likeness (QED) is 0.574. The van der Waals surface area contributed by atoms with Crippen LogP contribution in [0.25, 0.3) is 0 Å². The lowest BCUT2D eigenvalue weighted by atomic mass is 9.68. The van der Waals surface area contributed by atoms with Gasteiger partial charge in [-0.1, -0.05) is 49.7 Å². The first-order valence-corrected chi connectivity index (χ1v) is 10.3. The lowest BCUT2D eigenvalue weighted by Crippen LogP contribution is -2.44. The second-order valence-corrected chi connectivity index (χ2v) is 9.21. The summed E-state index contributed by atoms with van der Waals surface area (Å²) < 4.78 is 41.2. The molecule has 1 heterocycles. The van der Waals surface area contributed by atoms with E-state index in [-0.39, 0.29) is 35.5 Å². The molecule has 1 amide bonds. The van der Waals surface area contributed by atoms with Crippen molar-refractivity contribution in [2.45, 2.75) is 52.1 Å². The highest BCUT2D eigenvalue weighted by molar-refractivity contribution is 6.07. The molecule has 2 aliphatic rings. The molecule has 31 heavy (non-hydrogen) atoms. The van der Waals surface area contributed by atoms with Gasteiger partial charge in [-0.05, 0) is 42.5 Å². The molecule has 2 aromatic carbocycles. The first-order valence-electron chi connectivity index (χ1n) is 10.3. The number of halogens is 3. The molecule has 0 radical (unpaired) electrons. The van der Waals surface area contributed by atoms with E-state index in [0.29, 0.717) is 23.4 Å². The van der Waals surface area contributed by atoms with Crippen LogP contribution in [-0.2, 0) is 15.8 Å². The van der Waals surface area contributed by atoms with Gasteiger partial charge in [-0.2, -0.15) is 13.2 Å². The Morgan fingerprint density at radius 1 is 0.968 bits per heavy atom. The van der Waals surface area contributed by atoms with Crippen molar-refractivity contribution in [3.05, 3.63) is 76.5 Å². The Morgan fingerprint density at radius 2 is 1.61 bits per heavy atom. The fourth-order valence-corrected chi connectivity index (χ4v) is 4.73. The Hall–Kier alpha value is -2.89. The van der Waals surface area contributed by atoms with Gasteiger partial charge in [0.2, 0.25) is 5.91 Å². The minimum atomic E-state index is -4.56. The van der Waals surface area contributed by atoms with Crippen molar-refractivity contribution in [3.8, 4) is 0 Å². The van der Waals surface area contributed by atoms with Crippen LogP contribution in [0, 0.1) is 12.3 Å². The van der Waals surface area contributed by atoms with Crippen molar-refractivity contribution in [1.82, 2.24) is 0 Å². The zero-order chi connectivity index (χ0) is 22.6. The van der Waals surface area contributed by atoms with Gasteiger partial charge in [0.15, 0.2) is 5.78 Å². The molecule has 1 aliphatic heterocycles. The summed E-state index contributed by atoms with van der Waals surface area (Å²) in [6.07, 6.45) is -4.05. The number of rotatable bonds is 2. The van der Waals surface area contributed by atoms with Crippen LogP contribution in [0.4, 0.5) is 18.9 Å². The number of amides is 1. The van der Waals surface area contributed by atoms with Crippen LogP contribution in [0.5, 0.6) is 0 Å². The molecule has 0 saturated carbocycles. The summed E-state index contributed by atoms with van der Waals surface area (Å²) >= 11 is 0. The number of allylic oxidation sites excluding steroid dienone is 2. The first-order chi connectivity index (χ1) is 14.5. The van der Waals surface area contributed by atoms with Gasteiger partial charge in [0, 0.05) is 35.7 Å². The lowest BCUT2D eigenvalue weighted by Gasteiger charge is -2.43. The second kappa shape index (κ2) is 7.36. The predicted molar refractivity (Wildman–Crippen MR) is 113 cm³/mol. The topological polar surface area (TPSA) is 37.4 Å². The molecular formula is C25H24F3NO2. The molecule has 1 aliphatic carbocycles. The molecule has 162 valence electrons. The summed E-state index contributed by atoms with van der Waals surface area (Å²) in [4.78, 5) is 28.1. The predicted octanol–water partition coefficient (Wildman–Crippen LogP) is 6.18. The van der Waals surface area contributed by atoms with E-state index in [1.165, 1.54) is 18.2 Å². The first kappa shape index (κ1) is 21.3. The molecule has 0 N–H and O–H groups in total. The van der Waals surface area contributed by atoms with Crippen LogP contribution in [-0.4, -0.2) is 11.7 Å². The van der Waals surface area contributed by atoms with Crippen molar-refractivity contribution in [1.29, 1.82) is 0 Å². The monoisotopic (exact) mass is 427 g/mol. The van der Waals surface area contributed by atoms with E-state index in [2.05, 4.69) is 0 Å². The van der Waals surface area contributed by atoms with E-state index in [0.717, 1.165) is 11.6 Å². The number of aryl methyl sites for hydroxylation is 1. The molecule has 6 heteroatoms. The Bertz CT molecular complexity index is 1080. The van der Waals surface area contributed by atoms with Gasteiger partial charge < -0.3 is 0 Å². The molecule has 0 fully saturated rings. The van der Waals surface area contributed by atoms with E-state index in [1.54, 1.807) is 4.90 Å². The second-order valence-electron chi connectivity index (χ2n) is 9.21. The molecular weight excluding hydrogens is 403 g/mol. The Labute approximate surface area is 179 Å². The normalized spacial score (nSPS) is 21.4. The van der Waals surface area contributed by atoms with Crippen LogP contribution < -0.4 is 4.90 Å². The average molecular weight is 427 g/mol.